The van der Waals surface area contributed by atoms with Crippen molar-refractivity contribution in [3.63, 3.8) is 0 Å². The molecular formula is C21H18Cl2N2O3. The average molecular weight is 417 g/mol. The molecule has 0 fully saturated rings. The maximum absolute atomic E-state index is 6.43. The standard InChI is InChI=1S/C21H18Cl2N2O3/c1-11-18(21(25-28-11)19-14(22)5-4-6-15(19)23)20-13-10-17(27-3)16(26-2)9-12(13)7-8-24-20/h4-6,9-10H,7-8H2,1-3H3. The van der Waals surface area contributed by atoms with Crippen LogP contribution in [0.4, 0.5) is 0 Å². The van der Waals surface area contributed by atoms with Crippen LogP contribution in [0.15, 0.2) is 39.8 Å². The zero-order valence-corrected chi connectivity index (χ0v) is 17.2. The van der Waals surface area contributed by atoms with Gasteiger partial charge in [0.15, 0.2) is 11.5 Å². The predicted octanol–water partition coefficient (Wildman–Crippen LogP) is 5.37. The summed E-state index contributed by atoms with van der Waals surface area (Å²) < 4.78 is 16.5. The summed E-state index contributed by atoms with van der Waals surface area (Å²) in [4.78, 5) is 4.78. The van der Waals surface area contributed by atoms with Gasteiger partial charge in [-0.3, -0.25) is 4.99 Å². The molecule has 0 spiro atoms. The Kier molecular flexibility index (Phi) is 5.04. The first-order valence-electron chi connectivity index (χ1n) is 8.76. The van der Waals surface area contributed by atoms with Gasteiger partial charge in [-0.2, -0.15) is 0 Å². The van der Waals surface area contributed by atoms with Crippen LogP contribution in [0.3, 0.4) is 0 Å². The summed E-state index contributed by atoms with van der Waals surface area (Å²) >= 11 is 12.9. The molecule has 2 aromatic carbocycles. The van der Waals surface area contributed by atoms with Crippen molar-refractivity contribution in [3.8, 4) is 22.8 Å². The number of nitrogens with zero attached hydrogens (tertiary/aromatic N) is 2. The van der Waals surface area contributed by atoms with Crippen molar-refractivity contribution in [1.82, 2.24) is 5.16 Å². The largest absolute Gasteiger partial charge is 0.493 e. The Morgan fingerprint density at radius 3 is 2.36 bits per heavy atom. The van der Waals surface area contributed by atoms with Crippen molar-refractivity contribution in [2.75, 3.05) is 20.8 Å². The van der Waals surface area contributed by atoms with Crippen LogP contribution in [0.25, 0.3) is 11.3 Å². The van der Waals surface area contributed by atoms with Gasteiger partial charge in [0, 0.05) is 17.7 Å². The van der Waals surface area contributed by atoms with Gasteiger partial charge in [0.1, 0.15) is 11.5 Å². The normalized spacial score (nSPS) is 13.1. The van der Waals surface area contributed by atoms with Crippen LogP contribution in [0.5, 0.6) is 11.5 Å². The second kappa shape index (κ2) is 7.49. The van der Waals surface area contributed by atoms with Crippen LogP contribution in [0.1, 0.15) is 22.5 Å². The summed E-state index contributed by atoms with van der Waals surface area (Å²) in [7, 11) is 3.24. The summed E-state index contributed by atoms with van der Waals surface area (Å²) in [6, 6.07) is 9.29. The highest BCUT2D eigenvalue weighted by atomic mass is 35.5. The van der Waals surface area contributed by atoms with Gasteiger partial charge in [-0.25, -0.2) is 0 Å². The number of fused-ring (bicyclic) bond motifs is 1. The summed E-state index contributed by atoms with van der Waals surface area (Å²) in [5.41, 5.74) is 4.86. The zero-order valence-electron chi connectivity index (χ0n) is 15.7. The van der Waals surface area contributed by atoms with Crippen molar-refractivity contribution in [3.05, 3.63) is 62.8 Å². The van der Waals surface area contributed by atoms with Crippen LogP contribution < -0.4 is 9.47 Å². The lowest BCUT2D eigenvalue weighted by Crippen LogP contribution is -2.16. The van der Waals surface area contributed by atoms with E-state index in [4.69, 9.17) is 42.2 Å². The molecule has 0 aliphatic carbocycles. The molecule has 0 saturated heterocycles. The molecule has 0 amide bonds. The first-order chi connectivity index (χ1) is 13.5. The molecule has 7 heteroatoms. The Hall–Kier alpha value is -2.50. The van der Waals surface area contributed by atoms with Gasteiger partial charge in [0.2, 0.25) is 0 Å². The SMILES string of the molecule is COc1cc2c(cc1OC)C(c1c(-c3c(Cl)cccc3Cl)noc1C)=NCC2. The maximum Gasteiger partial charge on any atom is 0.161 e. The number of rotatable bonds is 4. The Balaban J connectivity index is 1.94. The minimum absolute atomic E-state index is 0.506. The number of ether oxygens (including phenoxy) is 2. The fourth-order valence-corrected chi connectivity index (χ4v) is 4.06. The Bertz CT molecular complexity index is 1070. The third-order valence-electron chi connectivity index (χ3n) is 4.81. The van der Waals surface area contributed by atoms with Gasteiger partial charge in [0.05, 0.1) is 35.5 Å². The molecule has 144 valence electrons. The van der Waals surface area contributed by atoms with Gasteiger partial charge in [-0.15, -0.1) is 0 Å². The van der Waals surface area contributed by atoms with Crippen molar-refractivity contribution >= 4 is 28.9 Å². The highest BCUT2D eigenvalue weighted by Crippen LogP contribution is 2.40. The maximum atomic E-state index is 6.43. The smallest absolute Gasteiger partial charge is 0.161 e. The Labute approximate surface area is 172 Å². The molecule has 0 atom stereocenters. The quantitative estimate of drug-likeness (QED) is 0.573. The number of hydrogen-bond donors (Lipinski definition) is 0. The highest BCUT2D eigenvalue weighted by Gasteiger charge is 2.28. The van der Waals surface area contributed by atoms with Crippen LogP contribution in [0.2, 0.25) is 10.0 Å². The monoisotopic (exact) mass is 416 g/mol. The van der Waals surface area contributed by atoms with Gasteiger partial charge >= 0.3 is 0 Å². The molecule has 0 bridgehead atoms. The molecule has 4 rings (SSSR count). The Morgan fingerprint density at radius 2 is 1.68 bits per heavy atom. The number of hydrogen-bond acceptors (Lipinski definition) is 5. The van der Waals surface area contributed by atoms with Crippen molar-refractivity contribution in [2.45, 2.75) is 13.3 Å². The highest BCUT2D eigenvalue weighted by molar-refractivity contribution is 6.39. The fraction of sp³-hybridized carbons (Fsp3) is 0.238. The van der Waals surface area contributed by atoms with Gasteiger partial charge in [-0.1, -0.05) is 34.4 Å². The van der Waals surface area contributed by atoms with Gasteiger partial charge < -0.3 is 14.0 Å². The molecular weight excluding hydrogens is 399 g/mol. The van der Waals surface area contributed by atoms with E-state index in [1.807, 2.05) is 19.1 Å². The second-order valence-corrected chi connectivity index (χ2v) is 7.22. The number of aliphatic imine (C=N–C) groups is 1. The molecule has 28 heavy (non-hydrogen) atoms. The number of halogens is 2. The molecule has 0 unspecified atom stereocenters. The number of aromatic nitrogens is 1. The molecule has 5 nitrogen and oxygen atoms in total. The van der Waals surface area contributed by atoms with Crippen LogP contribution in [0, 0.1) is 6.92 Å². The molecule has 1 aromatic heterocycles. The van der Waals surface area contributed by atoms with E-state index in [0.717, 1.165) is 28.8 Å². The molecule has 0 radical (unpaired) electrons. The van der Waals surface area contributed by atoms with Crippen molar-refractivity contribution in [1.29, 1.82) is 0 Å². The van der Waals surface area contributed by atoms with E-state index in [-0.39, 0.29) is 0 Å². The first kappa shape index (κ1) is 18.8. The van der Waals surface area contributed by atoms with Crippen molar-refractivity contribution < 1.29 is 14.0 Å². The Morgan fingerprint density at radius 1 is 1.00 bits per heavy atom. The van der Waals surface area contributed by atoms with E-state index in [2.05, 4.69) is 5.16 Å². The van der Waals surface area contributed by atoms with E-state index in [1.165, 1.54) is 0 Å². The van der Waals surface area contributed by atoms with E-state index in [9.17, 15) is 0 Å². The van der Waals surface area contributed by atoms with Gasteiger partial charge in [0.25, 0.3) is 0 Å². The lowest BCUT2D eigenvalue weighted by atomic mass is 9.90. The minimum Gasteiger partial charge on any atom is -0.493 e. The summed E-state index contributed by atoms with van der Waals surface area (Å²) in [5, 5.41) is 5.26. The third-order valence-corrected chi connectivity index (χ3v) is 5.44. The van der Waals surface area contributed by atoms with E-state index >= 15 is 0 Å². The molecule has 0 saturated carbocycles. The third kappa shape index (κ3) is 3.05. The summed E-state index contributed by atoms with van der Waals surface area (Å²) in [6.07, 6.45) is 0.811. The summed E-state index contributed by atoms with van der Waals surface area (Å²) in [5.74, 6) is 1.98. The van der Waals surface area contributed by atoms with Crippen molar-refractivity contribution in [2.24, 2.45) is 4.99 Å². The van der Waals surface area contributed by atoms with Crippen LogP contribution >= 0.6 is 23.2 Å². The topological polar surface area (TPSA) is 56.9 Å². The molecule has 2 heterocycles. The summed E-state index contributed by atoms with van der Waals surface area (Å²) in [6.45, 7) is 2.51. The lowest BCUT2D eigenvalue weighted by Gasteiger charge is -2.20. The van der Waals surface area contributed by atoms with E-state index in [0.29, 0.717) is 45.1 Å². The number of methoxy groups -OCH3 is 2. The van der Waals surface area contributed by atoms with Crippen LogP contribution in [-0.4, -0.2) is 31.6 Å². The van der Waals surface area contributed by atoms with E-state index < -0.39 is 0 Å². The average Bonchev–Trinajstić information content (AvgIpc) is 3.07. The molecule has 1 aliphatic rings. The fourth-order valence-electron chi connectivity index (χ4n) is 3.48. The minimum atomic E-state index is 0.506. The lowest BCUT2D eigenvalue weighted by molar-refractivity contribution is 0.354. The number of benzene rings is 2. The molecule has 0 N–H and O–H groups in total. The van der Waals surface area contributed by atoms with Crippen LogP contribution in [-0.2, 0) is 6.42 Å². The van der Waals surface area contributed by atoms with E-state index in [1.54, 1.807) is 32.4 Å². The first-order valence-corrected chi connectivity index (χ1v) is 9.51. The zero-order chi connectivity index (χ0) is 19.8. The predicted molar refractivity (Wildman–Crippen MR) is 110 cm³/mol. The van der Waals surface area contributed by atoms with Gasteiger partial charge in [-0.05, 0) is 43.2 Å². The molecule has 3 aromatic rings. The number of aryl methyl sites for hydroxylation is 1. The molecule has 1 aliphatic heterocycles. The second-order valence-electron chi connectivity index (χ2n) is 6.40.